The Kier molecular flexibility index (Phi) is 5.55. The third-order valence-corrected chi connectivity index (χ3v) is 2.99. The molecule has 5 heteroatoms. The first-order chi connectivity index (χ1) is 8.03. The topological polar surface area (TPSA) is 80.5 Å². The molecule has 0 amide bonds. The molecule has 0 aliphatic rings. The molecule has 1 atom stereocenters. The zero-order valence-corrected chi connectivity index (χ0v) is 11.2. The molecule has 0 aliphatic heterocycles. The Balaban J connectivity index is 2.17. The number of rotatable bonds is 7. The van der Waals surface area contributed by atoms with Gasteiger partial charge in [-0.15, -0.1) is 10.2 Å². The molecular weight excluding hydrogens is 214 g/mol. The molecule has 0 radical (unpaired) electrons. The van der Waals surface area contributed by atoms with Gasteiger partial charge in [-0.25, -0.2) is 0 Å². The second kappa shape index (κ2) is 6.69. The number of hydrogen-bond acceptors (Lipinski definition) is 4. The number of aromatic amines is 1. The second-order valence-corrected chi connectivity index (χ2v) is 5.86. The van der Waals surface area contributed by atoms with Crippen LogP contribution in [0.2, 0.25) is 0 Å². The largest absolute Gasteiger partial charge is 0.330 e. The maximum Gasteiger partial charge on any atom is 0.178 e. The average Bonchev–Trinajstić information content (AvgIpc) is 2.75. The maximum atomic E-state index is 5.73. The first-order valence-corrected chi connectivity index (χ1v) is 6.46. The van der Waals surface area contributed by atoms with Crippen LogP contribution < -0.4 is 5.73 Å². The van der Waals surface area contributed by atoms with Gasteiger partial charge in [0.15, 0.2) is 5.82 Å². The number of nitrogens with two attached hydrogens (primary N) is 1. The van der Waals surface area contributed by atoms with Crippen molar-refractivity contribution in [2.24, 2.45) is 11.1 Å². The molecule has 0 aromatic carbocycles. The Labute approximate surface area is 104 Å². The fourth-order valence-electron chi connectivity index (χ4n) is 1.92. The summed E-state index contributed by atoms with van der Waals surface area (Å²) in [6, 6.07) is 0. The molecule has 1 heterocycles. The van der Waals surface area contributed by atoms with Crippen LogP contribution in [-0.2, 0) is 0 Å². The Morgan fingerprint density at radius 1 is 1.24 bits per heavy atom. The Hall–Kier alpha value is -0.970. The molecule has 1 unspecified atom stereocenters. The number of H-pyrrole nitrogens is 1. The first kappa shape index (κ1) is 14.1. The van der Waals surface area contributed by atoms with Gasteiger partial charge in [-0.05, 0) is 18.3 Å². The third kappa shape index (κ3) is 5.77. The second-order valence-electron chi connectivity index (χ2n) is 5.86. The summed E-state index contributed by atoms with van der Waals surface area (Å²) >= 11 is 0. The van der Waals surface area contributed by atoms with Crippen molar-refractivity contribution in [3.05, 3.63) is 5.82 Å². The monoisotopic (exact) mass is 239 g/mol. The molecule has 1 rings (SSSR count). The zero-order chi connectivity index (χ0) is 12.7. The summed E-state index contributed by atoms with van der Waals surface area (Å²) in [5.74, 6) is 1.01. The van der Waals surface area contributed by atoms with Crippen LogP contribution in [0.3, 0.4) is 0 Å². The van der Waals surface area contributed by atoms with Gasteiger partial charge < -0.3 is 5.73 Å². The highest BCUT2D eigenvalue weighted by Gasteiger charge is 2.14. The van der Waals surface area contributed by atoms with E-state index in [0.29, 0.717) is 12.0 Å². The van der Waals surface area contributed by atoms with E-state index in [0.717, 1.165) is 12.2 Å². The van der Waals surface area contributed by atoms with Crippen molar-refractivity contribution in [2.45, 2.75) is 58.8 Å². The normalized spacial score (nSPS) is 13.9. The van der Waals surface area contributed by atoms with E-state index in [1.807, 2.05) is 0 Å². The Bertz CT molecular complexity index is 288. The van der Waals surface area contributed by atoms with Gasteiger partial charge in [-0.1, -0.05) is 45.2 Å². The molecular formula is C12H25N5. The molecule has 17 heavy (non-hydrogen) atoms. The van der Waals surface area contributed by atoms with Crippen LogP contribution in [-0.4, -0.2) is 27.2 Å². The average molecular weight is 239 g/mol. The van der Waals surface area contributed by atoms with Gasteiger partial charge in [-0.3, -0.25) is 0 Å². The van der Waals surface area contributed by atoms with E-state index >= 15 is 0 Å². The van der Waals surface area contributed by atoms with Crippen LogP contribution in [0.25, 0.3) is 0 Å². The number of hydrogen-bond donors (Lipinski definition) is 2. The van der Waals surface area contributed by atoms with Crippen LogP contribution in [0.4, 0.5) is 0 Å². The SMILES string of the molecule is CC(C)(C)CCCCCC(CN)c1nn[nH]n1. The molecule has 0 fully saturated rings. The number of unbranched alkanes of at least 4 members (excludes halogenated alkanes) is 2. The van der Waals surface area contributed by atoms with Crippen molar-refractivity contribution in [3.63, 3.8) is 0 Å². The van der Waals surface area contributed by atoms with Crippen molar-refractivity contribution in [1.29, 1.82) is 0 Å². The van der Waals surface area contributed by atoms with Gasteiger partial charge >= 0.3 is 0 Å². The van der Waals surface area contributed by atoms with Gasteiger partial charge in [0.1, 0.15) is 0 Å². The smallest absolute Gasteiger partial charge is 0.178 e. The van der Waals surface area contributed by atoms with Gasteiger partial charge in [0, 0.05) is 12.5 Å². The summed E-state index contributed by atoms with van der Waals surface area (Å²) in [5.41, 5.74) is 6.17. The lowest BCUT2D eigenvalue weighted by Crippen LogP contribution is -2.14. The van der Waals surface area contributed by atoms with Crippen molar-refractivity contribution < 1.29 is 0 Å². The molecule has 1 aromatic heterocycles. The third-order valence-electron chi connectivity index (χ3n) is 2.99. The molecule has 0 spiro atoms. The fourth-order valence-corrected chi connectivity index (χ4v) is 1.92. The standard InChI is InChI=1S/C12H25N5/c1-12(2,3)8-6-4-5-7-10(9-13)11-14-16-17-15-11/h10H,4-9,13H2,1-3H3,(H,14,15,16,17). The number of nitrogens with one attached hydrogen (secondary N) is 1. The number of aromatic nitrogens is 4. The Morgan fingerprint density at radius 2 is 2.00 bits per heavy atom. The quantitative estimate of drug-likeness (QED) is 0.715. The lowest BCUT2D eigenvalue weighted by molar-refractivity contribution is 0.355. The predicted octanol–water partition coefficient (Wildman–Crippen LogP) is 2.24. The van der Waals surface area contributed by atoms with E-state index < -0.39 is 0 Å². The minimum Gasteiger partial charge on any atom is -0.330 e. The number of nitrogens with zero attached hydrogens (tertiary/aromatic N) is 3. The van der Waals surface area contributed by atoms with Crippen LogP contribution in [0.5, 0.6) is 0 Å². The summed E-state index contributed by atoms with van der Waals surface area (Å²) in [6.45, 7) is 7.46. The molecule has 0 saturated carbocycles. The van der Waals surface area contributed by atoms with Crippen LogP contribution in [0.15, 0.2) is 0 Å². The highest BCUT2D eigenvalue weighted by atomic mass is 15.5. The van der Waals surface area contributed by atoms with Crippen molar-refractivity contribution in [1.82, 2.24) is 20.6 Å². The molecule has 0 aliphatic carbocycles. The molecule has 0 saturated heterocycles. The minimum absolute atomic E-state index is 0.253. The first-order valence-electron chi connectivity index (χ1n) is 6.46. The summed E-state index contributed by atoms with van der Waals surface area (Å²) < 4.78 is 0. The maximum absolute atomic E-state index is 5.73. The summed E-state index contributed by atoms with van der Waals surface area (Å²) in [5, 5.41) is 14.1. The molecule has 3 N–H and O–H groups in total. The molecule has 98 valence electrons. The van der Waals surface area contributed by atoms with Crippen molar-refractivity contribution >= 4 is 0 Å². The van der Waals surface area contributed by atoms with Crippen LogP contribution in [0, 0.1) is 5.41 Å². The summed E-state index contributed by atoms with van der Waals surface area (Å²) in [4.78, 5) is 0. The lowest BCUT2D eigenvalue weighted by atomic mass is 9.89. The van der Waals surface area contributed by atoms with Crippen molar-refractivity contribution in [3.8, 4) is 0 Å². The Morgan fingerprint density at radius 3 is 2.53 bits per heavy atom. The highest BCUT2D eigenvalue weighted by molar-refractivity contribution is 4.91. The molecule has 0 bridgehead atoms. The lowest BCUT2D eigenvalue weighted by Gasteiger charge is -2.17. The van der Waals surface area contributed by atoms with E-state index in [1.54, 1.807) is 0 Å². The fraction of sp³-hybridized carbons (Fsp3) is 0.917. The van der Waals surface area contributed by atoms with Crippen LogP contribution in [0.1, 0.15) is 64.6 Å². The van der Waals surface area contributed by atoms with E-state index in [4.69, 9.17) is 5.73 Å². The number of tetrazole rings is 1. The van der Waals surface area contributed by atoms with E-state index in [1.165, 1.54) is 25.7 Å². The van der Waals surface area contributed by atoms with Gasteiger partial charge in [0.05, 0.1) is 0 Å². The highest BCUT2D eigenvalue weighted by Crippen LogP contribution is 2.23. The van der Waals surface area contributed by atoms with E-state index in [9.17, 15) is 0 Å². The van der Waals surface area contributed by atoms with Crippen LogP contribution >= 0.6 is 0 Å². The summed E-state index contributed by atoms with van der Waals surface area (Å²) in [6.07, 6.45) is 6.06. The summed E-state index contributed by atoms with van der Waals surface area (Å²) in [7, 11) is 0. The zero-order valence-electron chi connectivity index (χ0n) is 11.2. The van der Waals surface area contributed by atoms with Crippen molar-refractivity contribution in [2.75, 3.05) is 6.54 Å². The van der Waals surface area contributed by atoms with Gasteiger partial charge in [0.25, 0.3) is 0 Å². The van der Waals surface area contributed by atoms with E-state index in [-0.39, 0.29) is 5.92 Å². The van der Waals surface area contributed by atoms with Gasteiger partial charge in [-0.2, -0.15) is 5.21 Å². The molecule has 5 nitrogen and oxygen atoms in total. The van der Waals surface area contributed by atoms with E-state index in [2.05, 4.69) is 41.4 Å². The van der Waals surface area contributed by atoms with Gasteiger partial charge in [0.2, 0.25) is 0 Å². The molecule has 1 aromatic rings. The predicted molar refractivity (Wildman–Crippen MR) is 68.5 cm³/mol. The minimum atomic E-state index is 0.253.